The molecule has 0 atom stereocenters. The maximum Gasteiger partial charge on any atom is 0.511 e. The number of halogens is 4. The van der Waals surface area contributed by atoms with Gasteiger partial charge in [-0.1, -0.05) is 0 Å². The number of thiazole rings is 1. The van der Waals surface area contributed by atoms with Crippen molar-refractivity contribution in [3.63, 3.8) is 0 Å². The van der Waals surface area contributed by atoms with Gasteiger partial charge < -0.3 is 10.6 Å². The second kappa shape index (κ2) is 10.2. The molecule has 156 valence electrons. The smallest absolute Gasteiger partial charge is 0.357 e. The van der Waals surface area contributed by atoms with Crippen LogP contribution in [0.3, 0.4) is 0 Å². The number of alkyl halides is 3. The summed E-state index contributed by atoms with van der Waals surface area (Å²) in [6.07, 6.45) is 2.32. The highest BCUT2D eigenvalue weighted by Gasteiger charge is 2.50. The zero-order valence-corrected chi connectivity index (χ0v) is 18.9. The SMILES string of the molecule is CCNC(=NCc1ncc(C)s1)NC1CCN(S(=O)(=O)C(F)(F)F)CC1.I. The van der Waals surface area contributed by atoms with Crippen molar-refractivity contribution in [2.24, 2.45) is 4.99 Å². The van der Waals surface area contributed by atoms with Crippen molar-refractivity contribution in [3.05, 3.63) is 16.1 Å². The lowest BCUT2D eigenvalue weighted by Crippen LogP contribution is -2.51. The van der Waals surface area contributed by atoms with E-state index in [4.69, 9.17) is 0 Å². The fourth-order valence-corrected chi connectivity index (χ4v) is 4.22. The number of piperidine rings is 1. The number of nitrogens with zero attached hydrogens (tertiary/aromatic N) is 3. The van der Waals surface area contributed by atoms with Crippen LogP contribution in [0.2, 0.25) is 0 Å². The number of nitrogens with one attached hydrogen (secondary N) is 2. The summed E-state index contributed by atoms with van der Waals surface area (Å²) in [6.45, 7) is 4.54. The molecule has 1 saturated heterocycles. The summed E-state index contributed by atoms with van der Waals surface area (Å²) >= 11 is 1.55. The maximum atomic E-state index is 12.6. The molecular formula is C14H23F3IN5O2S2. The predicted molar refractivity (Wildman–Crippen MR) is 110 cm³/mol. The summed E-state index contributed by atoms with van der Waals surface area (Å²) in [5, 5.41) is 7.10. The Hall–Kier alpha value is -0.670. The molecule has 13 heteroatoms. The summed E-state index contributed by atoms with van der Waals surface area (Å²) in [4.78, 5) is 9.75. The third kappa shape index (κ3) is 6.71. The quantitative estimate of drug-likeness (QED) is 0.340. The van der Waals surface area contributed by atoms with E-state index in [-0.39, 0.29) is 55.9 Å². The molecule has 2 rings (SSSR count). The van der Waals surface area contributed by atoms with E-state index < -0.39 is 15.5 Å². The Bertz CT molecular complexity index is 731. The monoisotopic (exact) mass is 541 g/mol. The molecule has 27 heavy (non-hydrogen) atoms. The Balaban J connectivity index is 0.00000364. The summed E-state index contributed by atoms with van der Waals surface area (Å²) in [6, 6.07) is -0.148. The molecule has 0 aromatic carbocycles. The highest BCUT2D eigenvalue weighted by molar-refractivity contribution is 14.0. The third-order valence-electron chi connectivity index (χ3n) is 3.81. The van der Waals surface area contributed by atoms with E-state index in [1.165, 1.54) is 0 Å². The summed E-state index contributed by atoms with van der Waals surface area (Å²) in [7, 11) is -5.25. The van der Waals surface area contributed by atoms with Crippen molar-refractivity contribution >= 4 is 51.3 Å². The van der Waals surface area contributed by atoms with Gasteiger partial charge in [0.25, 0.3) is 0 Å². The Morgan fingerprint density at radius 3 is 2.52 bits per heavy atom. The Kier molecular flexibility index (Phi) is 9.21. The van der Waals surface area contributed by atoms with Crippen molar-refractivity contribution < 1.29 is 21.6 Å². The normalized spacial score (nSPS) is 17.4. The first kappa shape index (κ1) is 24.4. The molecule has 2 heterocycles. The molecule has 0 bridgehead atoms. The average Bonchev–Trinajstić information content (AvgIpc) is 2.98. The van der Waals surface area contributed by atoms with Gasteiger partial charge in [-0.25, -0.2) is 18.4 Å². The topological polar surface area (TPSA) is 86.7 Å². The van der Waals surface area contributed by atoms with Gasteiger partial charge in [0.2, 0.25) is 0 Å². The third-order valence-corrected chi connectivity index (χ3v) is 6.34. The van der Waals surface area contributed by atoms with Gasteiger partial charge in [-0.3, -0.25) is 0 Å². The minimum atomic E-state index is -5.25. The molecular weight excluding hydrogens is 518 g/mol. The number of guanidine groups is 1. The molecule has 0 spiro atoms. The number of aromatic nitrogens is 1. The molecule has 0 radical (unpaired) electrons. The van der Waals surface area contributed by atoms with E-state index in [1.54, 1.807) is 17.5 Å². The summed E-state index contributed by atoms with van der Waals surface area (Å²) < 4.78 is 61.2. The highest BCUT2D eigenvalue weighted by atomic mass is 127. The van der Waals surface area contributed by atoms with Crippen LogP contribution in [0.25, 0.3) is 0 Å². The van der Waals surface area contributed by atoms with Crippen molar-refractivity contribution in [1.82, 2.24) is 19.9 Å². The zero-order valence-electron chi connectivity index (χ0n) is 14.9. The van der Waals surface area contributed by atoms with Crippen LogP contribution in [0.1, 0.15) is 29.7 Å². The number of hydrogen-bond acceptors (Lipinski definition) is 5. The van der Waals surface area contributed by atoms with E-state index in [2.05, 4.69) is 20.6 Å². The van der Waals surface area contributed by atoms with Crippen molar-refractivity contribution in [2.75, 3.05) is 19.6 Å². The van der Waals surface area contributed by atoms with E-state index >= 15 is 0 Å². The van der Waals surface area contributed by atoms with Gasteiger partial charge in [-0.15, -0.1) is 35.3 Å². The van der Waals surface area contributed by atoms with Crippen LogP contribution >= 0.6 is 35.3 Å². The minimum Gasteiger partial charge on any atom is -0.357 e. The van der Waals surface area contributed by atoms with E-state index in [0.717, 1.165) is 9.88 Å². The van der Waals surface area contributed by atoms with Gasteiger partial charge in [0.05, 0.1) is 6.54 Å². The van der Waals surface area contributed by atoms with Crippen LogP contribution in [-0.2, 0) is 16.6 Å². The predicted octanol–water partition coefficient (Wildman–Crippen LogP) is 2.44. The maximum absolute atomic E-state index is 12.6. The largest absolute Gasteiger partial charge is 0.511 e. The lowest BCUT2D eigenvalue weighted by molar-refractivity contribution is -0.0494. The van der Waals surface area contributed by atoms with Crippen LogP contribution < -0.4 is 10.6 Å². The fourth-order valence-electron chi connectivity index (χ4n) is 2.52. The molecule has 1 aromatic heterocycles. The first-order chi connectivity index (χ1) is 12.1. The average molecular weight is 541 g/mol. The van der Waals surface area contributed by atoms with Crippen molar-refractivity contribution in [3.8, 4) is 0 Å². The van der Waals surface area contributed by atoms with Gasteiger partial charge in [0, 0.05) is 36.8 Å². The molecule has 1 aliphatic rings. The van der Waals surface area contributed by atoms with Gasteiger partial charge in [-0.05, 0) is 26.7 Å². The van der Waals surface area contributed by atoms with Crippen LogP contribution in [0.5, 0.6) is 0 Å². The molecule has 0 unspecified atom stereocenters. The molecule has 1 aliphatic heterocycles. The molecule has 0 saturated carbocycles. The summed E-state index contributed by atoms with van der Waals surface area (Å²) in [5.41, 5.74) is -5.25. The van der Waals surface area contributed by atoms with Gasteiger partial charge >= 0.3 is 15.5 Å². The lowest BCUT2D eigenvalue weighted by Gasteiger charge is -2.32. The highest BCUT2D eigenvalue weighted by Crippen LogP contribution is 2.28. The number of hydrogen-bond donors (Lipinski definition) is 2. The zero-order chi connectivity index (χ0) is 19.4. The van der Waals surface area contributed by atoms with Crippen LogP contribution in [0.4, 0.5) is 13.2 Å². The number of aliphatic imine (C=N–C) groups is 1. The summed E-state index contributed by atoms with van der Waals surface area (Å²) in [5.74, 6) is 0.539. The second-order valence-corrected chi connectivity index (χ2v) is 9.08. The number of rotatable bonds is 5. The van der Waals surface area contributed by atoms with E-state index in [0.29, 0.717) is 23.4 Å². The molecule has 0 amide bonds. The lowest BCUT2D eigenvalue weighted by atomic mass is 10.1. The second-order valence-electron chi connectivity index (χ2n) is 5.83. The van der Waals surface area contributed by atoms with Crippen LogP contribution in [0, 0.1) is 6.92 Å². The molecule has 1 aromatic rings. The first-order valence-electron chi connectivity index (χ1n) is 8.16. The number of sulfonamides is 1. The number of aryl methyl sites for hydroxylation is 1. The molecule has 1 fully saturated rings. The van der Waals surface area contributed by atoms with Crippen LogP contribution in [0.15, 0.2) is 11.2 Å². The molecule has 2 N–H and O–H groups in total. The van der Waals surface area contributed by atoms with Crippen molar-refractivity contribution in [2.45, 2.75) is 44.8 Å². The fraction of sp³-hybridized carbons (Fsp3) is 0.714. The first-order valence-corrected chi connectivity index (χ1v) is 10.4. The van der Waals surface area contributed by atoms with E-state index in [9.17, 15) is 21.6 Å². The standard InChI is InChI=1S/C14H22F3N5O2S2.HI/c1-3-18-13(20-9-12-19-8-10(2)25-12)21-11-4-6-22(7-5-11)26(23,24)14(15,16)17;/h8,11H,3-7,9H2,1-2H3,(H2,18,20,21);1H. The Morgan fingerprint density at radius 1 is 1.41 bits per heavy atom. The Morgan fingerprint density at radius 2 is 2.04 bits per heavy atom. The van der Waals surface area contributed by atoms with E-state index in [1.807, 2.05) is 13.8 Å². The Labute approximate surface area is 177 Å². The van der Waals surface area contributed by atoms with Crippen LogP contribution in [-0.4, -0.2) is 54.9 Å². The van der Waals surface area contributed by atoms with Gasteiger partial charge in [-0.2, -0.15) is 17.5 Å². The minimum absolute atomic E-state index is 0. The molecule has 0 aliphatic carbocycles. The molecule has 7 nitrogen and oxygen atoms in total. The van der Waals surface area contributed by atoms with Gasteiger partial charge in [0.15, 0.2) is 5.96 Å². The van der Waals surface area contributed by atoms with Crippen molar-refractivity contribution in [1.29, 1.82) is 0 Å². The van der Waals surface area contributed by atoms with Gasteiger partial charge in [0.1, 0.15) is 5.01 Å².